The van der Waals surface area contributed by atoms with Crippen LogP contribution in [0.25, 0.3) is 0 Å². The van der Waals surface area contributed by atoms with Gasteiger partial charge in [-0.2, -0.15) is 0 Å². The summed E-state index contributed by atoms with van der Waals surface area (Å²) < 4.78 is 0. The Balaban J connectivity index is 2.07. The van der Waals surface area contributed by atoms with Crippen molar-refractivity contribution in [3.8, 4) is 0 Å². The van der Waals surface area contributed by atoms with Gasteiger partial charge in [0, 0.05) is 18.4 Å². The molecule has 100 valence electrons. The van der Waals surface area contributed by atoms with Crippen LogP contribution < -0.4 is 5.32 Å². The molecule has 3 heteroatoms. The van der Waals surface area contributed by atoms with Crippen molar-refractivity contribution in [2.75, 3.05) is 6.54 Å². The predicted octanol–water partition coefficient (Wildman–Crippen LogP) is 4.02. The molecule has 0 fully saturated rings. The maximum Gasteiger partial charge on any atom is 0.0637 e. The molecule has 2 rings (SSSR count). The fourth-order valence-corrected chi connectivity index (χ4v) is 2.49. The Morgan fingerprint density at radius 2 is 2.00 bits per heavy atom. The standard InChI is InChI=1S/C16H19ClN2/c1-2-19-16(14-10-11-18-12-15(14)17)9-8-13-6-4-3-5-7-13/h3-7,10-12,16,19H,2,8-9H2,1H3. The minimum atomic E-state index is 0.278. The van der Waals surface area contributed by atoms with Crippen LogP contribution in [0.2, 0.25) is 5.02 Å². The molecule has 1 aromatic heterocycles. The molecule has 0 radical (unpaired) electrons. The second-order valence-electron chi connectivity index (χ2n) is 4.53. The molecule has 1 atom stereocenters. The number of hydrogen-bond acceptors (Lipinski definition) is 2. The van der Waals surface area contributed by atoms with Crippen molar-refractivity contribution in [3.05, 3.63) is 64.9 Å². The quantitative estimate of drug-likeness (QED) is 0.861. The first-order chi connectivity index (χ1) is 9.31. The number of nitrogens with zero attached hydrogens (tertiary/aromatic N) is 1. The number of benzene rings is 1. The van der Waals surface area contributed by atoms with Gasteiger partial charge in [-0.05, 0) is 36.6 Å². The molecule has 0 aliphatic heterocycles. The molecule has 1 heterocycles. The first-order valence-corrected chi connectivity index (χ1v) is 7.05. The van der Waals surface area contributed by atoms with Crippen LogP contribution in [0.1, 0.15) is 30.5 Å². The van der Waals surface area contributed by atoms with Gasteiger partial charge >= 0.3 is 0 Å². The Bertz CT molecular complexity index is 499. The highest BCUT2D eigenvalue weighted by Crippen LogP contribution is 2.25. The Kier molecular flexibility index (Phi) is 5.37. The maximum atomic E-state index is 6.23. The zero-order valence-corrected chi connectivity index (χ0v) is 11.9. The summed E-state index contributed by atoms with van der Waals surface area (Å²) in [5, 5.41) is 4.24. The molecule has 2 nitrogen and oxygen atoms in total. The van der Waals surface area contributed by atoms with Gasteiger partial charge in [0.1, 0.15) is 0 Å². The molecule has 1 aromatic carbocycles. The second kappa shape index (κ2) is 7.27. The molecular weight excluding hydrogens is 256 g/mol. The Labute approximate surface area is 119 Å². The summed E-state index contributed by atoms with van der Waals surface area (Å²) in [7, 11) is 0. The van der Waals surface area contributed by atoms with Crippen molar-refractivity contribution < 1.29 is 0 Å². The lowest BCUT2D eigenvalue weighted by atomic mass is 9.99. The van der Waals surface area contributed by atoms with Crippen LogP contribution in [0.5, 0.6) is 0 Å². The molecule has 1 unspecified atom stereocenters. The van der Waals surface area contributed by atoms with Crippen molar-refractivity contribution in [1.82, 2.24) is 10.3 Å². The molecule has 0 aliphatic rings. The van der Waals surface area contributed by atoms with E-state index in [2.05, 4.69) is 41.5 Å². The lowest BCUT2D eigenvalue weighted by Crippen LogP contribution is -2.21. The monoisotopic (exact) mass is 274 g/mol. The lowest BCUT2D eigenvalue weighted by molar-refractivity contribution is 0.515. The summed E-state index contributed by atoms with van der Waals surface area (Å²) >= 11 is 6.23. The molecule has 19 heavy (non-hydrogen) atoms. The third kappa shape index (κ3) is 4.05. The number of hydrogen-bond donors (Lipinski definition) is 1. The van der Waals surface area contributed by atoms with E-state index in [1.807, 2.05) is 12.1 Å². The molecule has 0 bridgehead atoms. The summed E-state index contributed by atoms with van der Waals surface area (Å²) in [6.45, 7) is 3.04. The summed E-state index contributed by atoms with van der Waals surface area (Å²) in [4.78, 5) is 4.05. The summed E-state index contributed by atoms with van der Waals surface area (Å²) in [6.07, 6.45) is 5.58. The van der Waals surface area contributed by atoms with E-state index < -0.39 is 0 Å². The second-order valence-corrected chi connectivity index (χ2v) is 4.94. The average Bonchev–Trinajstić information content (AvgIpc) is 2.45. The van der Waals surface area contributed by atoms with Crippen molar-refractivity contribution in [1.29, 1.82) is 0 Å². The van der Waals surface area contributed by atoms with Gasteiger partial charge in [0.2, 0.25) is 0 Å². The van der Waals surface area contributed by atoms with Gasteiger partial charge in [-0.15, -0.1) is 0 Å². The minimum Gasteiger partial charge on any atom is -0.310 e. The molecule has 2 aromatic rings. The van der Waals surface area contributed by atoms with Crippen molar-refractivity contribution >= 4 is 11.6 Å². The first kappa shape index (κ1) is 14.0. The van der Waals surface area contributed by atoms with Crippen molar-refractivity contribution in [3.63, 3.8) is 0 Å². The van der Waals surface area contributed by atoms with Gasteiger partial charge in [-0.25, -0.2) is 0 Å². The third-order valence-electron chi connectivity index (χ3n) is 3.19. The molecule has 0 spiro atoms. The van der Waals surface area contributed by atoms with Crippen LogP contribution >= 0.6 is 11.6 Å². The predicted molar refractivity (Wildman–Crippen MR) is 80.4 cm³/mol. The summed E-state index contributed by atoms with van der Waals surface area (Å²) in [6, 6.07) is 12.8. The molecule has 0 amide bonds. The van der Waals surface area contributed by atoms with Crippen LogP contribution in [0.4, 0.5) is 0 Å². The largest absolute Gasteiger partial charge is 0.310 e. The SMILES string of the molecule is CCNC(CCc1ccccc1)c1ccncc1Cl. The number of halogens is 1. The Morgan fingerprint density at radius 3 is 2.68 bits per heavy atom. The number of nitrogens with one attached hydrogen (secondary N) is 1. The molecule has 0 aliphatic carbocycles. The van der Waals surface area contributed by atoms with E-state index in [9.17, 15) is 0 Å². The first-order valence-electron chi connectivity index (χ1n) is 6.68. The fraction of sp³-hybridized carbons (Fsp3) is 0.312. The van der Waals surface area contributed by atoms with E-state index in [4.69, 9.17) is 11.6 Å². The number of aromatic nitrogens is 1. The van der Waals surface area contributed by atoms with Gasteiger partial charge in [0.05, 0.1) is 5.02 Å². The van der Waals surface area contributed by atoms with Crippen LogP contribution in [0, 0.1) is 0 Å². The van der Waals surface area contributed by atoms with E-state index in [0.29, 0.717) is 0 Å². The normalized spacial score (nSPS) is 12.3. The summed E-state index contributed by atoms with van der Waals surface area (Å²) in [5.41, 5.74) is 2.49. The summed E-state index contributed by atoms with van der Waals surface area (Å²) in [5.74, 6) is 0. The Hall–Kier alpha value is -1.38. The van der Waals surface area contributed by atoms with E-state index in [-0.39, 0.29) is 6.04 Å². The van der Waals surface area contributed by atoms with E-state index in [0.717, 1.165) is 30.0 Å². The minimum absolute atomic E-state index is 0.278. The molecule has 1 N–H and O–H groups in total. The van der Waals surface area contributed by atoms with E-state index >= 15 is 0 Å². The maximum absolute atomic E-state index is 6.23. The van der Waals surface area contributed by atoms with Gasteiger partial charge in [-0.1, -0.05) is 48.9 Å². The highest BCUT2D eigenvalue weighted by molar-refractivity contribution is 6.31. The fourth-order valence-electron chi connectivity index (χ4n) is 2.24. The van der Waals surface area contributed by atoms with Crippen LogP contribution in [0.3, 0.4) is 0 Å². The highest BCUT2D eigenvalue weighted by atomic mass is 35.5. The average molecular weight is 275 g/mol. The van der Waals surface area contributed by atoms with E-state index in [1.165, 1.54) is 5.56 Å². The third-order valence-corrected chi connectivity index (χ3v) is 3.51. The van der Waals surface area contributed by atoms with Gasteiger partial charge in [0.15, 0.2) is 0 Å². The van der Waals surface area contributed by atoms with Crippen LogP contribution in [-0.4, -0.2) is 11.5 Å². The number of rotatable bonds is 6. The number of aryl methyl sites for hydroxylation is 1. The zero-order chi connectivity index (χ0) is 13.5. The van der Waals surface area contributed by atoms with Crippen molar-refractivity contribution in [2.24, 2.45) is 0 Å². The molecule has 0 saturated heterocycles. The van der Waals surface area contributed by atoms with Crippen LogP contribution in [-0.2, 0) is 6.42 Å². The van der Waals surface area contributed by atoms with Crippen LogP contribution in [0.15, 0.2) is 48.8 Å². The van der Waals surface area contributed by atoms with Gasteiger partial charge < -0.3 is 5.32 Å². The van der Waals surface area contributed by atoms with Gasteiger partial charge in [0.25, 0.3) is 0 Å². The molecule has 0 saturated carbocycles. The topological polar surface area (TPSA) is 24.9 Å². The smallest absolute Gasteiger partial charge is 0.0637 e. The van der Waals surface area contributed by atoms with E-state index in [1.54, 1.807) is 12.4 Å². The number of pyridine rings is 1. The lowest BCUT2D eigenvalue weighted by Gasteiger charge is -2.19. The Morgan fingerprint density at radius 1 is 1.21 bits per heavy atom. The zero-order valence-electron chi connectivity index (χ0n) is 11.1. The molecular formula is C16H19ClN2. The van der Waals surface area contributed by atoms with Gasteiger partial charge in [-0.3, -0.25) is 4.98 Å². The highest BCUT2D eigenvalue weighted by Gasteiger charge is 2.13. The van der Waals surface area contributed by atoms with Crippen molar-refractivity contribution in [2.45, 2.75) is 25.8 Å².